The third-order valence-electron chi connectivity index (χ3n) is 5.99. The predicted molar refractivity (Wildman–Crippen MR) is 126 cm³/mol. The maximum absolute atomic E-state index is 13.9. The highest BCUT2D eigenvalue weighted by Crippen LogP contribution is 2.37. The Morgan fingerprint density at radius 1 is 1.06 bits per heavy atom. The van der Waals surface area contributed by atoms with Crippen LogP contribution in [0.1, 0.15) is 42.9 Å². The van der Waals surface area contributed by atoms with Gasteiger partial charge in [0.1, 0.15) is 18.1 Å². The molecule has 0 amide bonds. The normalized spacial score (nSPS) is 15.9. The second-order valence-corrected chi connectivity index (χ2v) is 8.72. The van der Waals surface area contributed by atoms with Gasteiger partial charge in [0, 0.05) is 17.2 Å². The van der Waals surface area contributed by atoms with E-state index in [1.807, 2.05) is 0 Å². The van der Waals surface area contributed by atoms with E-state index in [1.54, 1.807) is 24.3 Å². The van der Waals surface area contributed by atoms with E-state index in [2.05, 4.69) is 9.97 Å². The van der Waals surface area contributed by atoms with E-state index in [9.17, 15) is 18.0 Å². The summed E-state index contributed by atoms with van der Waals surface area (Å²) in [7, 11) is 0. The average molecular weight is 502 g/mol. The molecule has 0 aliphatic heterocycles. The van der Waals surface area contributed by atoms with Gasteiger partial charge in [-0.1, -0.05) is 36.4 Å². The average Bonchev–Trinajstić information content (AvgIpc) is 3.36. The molecule has 10 heteroatoms. The fourth-order valence-electron chi connectivity index (χ4n) is 4.08. The Hall–Kier alpha value is -3.66. The second-order valence-electron chi connectivity index (χ2n) is 8.72. The van der Waals surface area contributed by atoms with Gasteiger partial charge in [0.25, 0.3) is 0 Å². The number of hydrogen-bond acceptors (Lipinski definition) is 6. The molecule has 3 N–H and O–H groups in total. The SMILES string of the molecule is NC(Cc1ccc(-c2cc(OC(c3ccc(OC4CCCC4)cc3)C(F)(F)F)ncn2)cc1)C(=O)O. The zero-order chi connectivity index (χ0) is 25.7. The maximum atomic E-state index is 13.9. The van der Waals surface area contributed by atoms with Crippen LogP contribution in [0.2, 0.25) is 0 Å². The number of nitrogens with two attached hydrogens (primary N) is 1. The molecule has 0 radical (unpaired) electrons. The van der Waals surface area contributed by atoms with Crippen molar-refractivity contribution in [3.63, 3.8) is 0 Å². The Balaban J connectivity index is 1.49. The van der Waals surface area contributed by atoms with Crippen LogP contribution in [0.25, 0.3) is 11.3 Å². The molecule has 1 aliphatic carbocycles. The van der Waals surface area contributed by atoms with E-state index < -0.39 is 24.3 Å². The van der Waals surface area contributed by atoms with Crippen LogP contribution in [0, 0.1) is 0 Å². The molecule has 0 bridgehead atoms. The minimum absolute atomic E-state index is 0.0689. The summed E-state index contributed by atoms with van der Waals surface area (Å²) in [5, 5.41) is 8.95. The number of halogens is 3. The van der Waals surface area contributed by atoms with Crippen molar-refractivity contribution in [2.75, 3.05) is 0 Å². The van der Waals surface area contributed by atoms with Crippen molar-refractivity contribution in [1.82, 2.24) is 9.97 Å². The summed E-state index contributed by atoms with van der Waals surface area (Å²) in [5.74, 6) is -0.805. The lowest BCUT2D eigenvalue weighted by Gasteiger charge is -2.22. The van der Waals surface area contributed by atoms with Gasteiger partial charge in [-0.15, -0.1) is 0 Å². The summed E-state index contributed by atoms with van der Waals surface area (Å²) >= 11 is 0. The number of aliphatic carboxylic acids is 1. The number of carboxylic acid groups (broad SMARTS) is 1. The lowest BCUT2D eigenvalue weighted by Crippen LogP contribution is -2.32. The Morgan fingerprint density at radius 3 is 2.33 bits per heavy atom. The molecule has 2 atom stereocenters. The highest BCUT2D eigenvalue weighted by Gasteiger charge is 2.43. The van der Waals surface area contributed by atoms with Gasteiger partial charge in [-0.2, -0.15) is 13.2 Å². The van der Waals surface area contributed by atoms with Crippen molar-refractivity contribution in [3.05, 3.63) is 72.1 Å². The molecule has 0 saturated heterocycles. The van der Waals surface area contributed by atoms with E-state index in [1.165, 1.54) is 30.3 Å². The van der Waals surface area contributed by atoms with Gasteiger partial charge in [0.05, 0.1) is 11.8 Å². The zero-order valence-electron chi connectivity index (χ0n) is 19.3. The number of hydrogen-bond donors (Lipinski definition) is 2. The van der Waals surface area contributed by atoms with E-state index in [-0.39, 0.29) is 24.0 Å². The third-order valence-corrected chi connectivity index (χ3v) is 5.99. The fourth-order valence-corrected chi connectivity index (χ4v) is 4.08. The first-order valence-electron chi connectivity index (χ1n) is 11.6. The summed E-state index contributed by atoms with van der Waals surface area (Å²) < 4.78 is 52.8. The van der Waals surface area contributed by atoms with E-state index in [0.29, 0.717) is 22.6 Å². The molecule has 1 aliphatic rings. The molecule has 4 rings (SSSR count). The Labute approximate surface area is 206 Å². The lowest BCUT2D eigenvalue weighted by molar-refractivity contribution is -0.198. The number of ether oxygens (including phenoxy) is 2. The number of alkyl halides is 3. The summed E-state index contributed by atoms with van der Waals surface area (Å²) in [4.78, 5) is 18.9. The molecule has 1 heterocycles. The maximum Gasteiger partial charge on any atom is 0.429 e. The fraction of sp³-hybridized carbons (Fsp3) is 0.346. The molecule has 2 unspecified atom stereocenters. The lowest BCUT2D eigenvalue weighted by atomic mass is 10.0. The number of aromatic nitrogens is 2. The summed E-state index contributed by atoms with van der Waals surface area (Å²) in [6.45, 7) is 0. The van der Waals surface area contributed by atoms with Gasteiger partial charge >= 0.3 is 12.1 Å². The number of rotatable bonds is 9. The molecule has 0 spiro atoms. The van der Waals surface area contributed by atoms with Crippen molar-refractivity contribution in [3.8, 4) is 22.9 Å². The summed E-state index contributed by atoms with van der Waals surface area (Å²) in [6, 6.07) is 12.8. The zero-order valence-corrected chi connectivity index (χ0v) is 19.3. The van der Waals surface area contributed by atoms with Crippen molar-refractivity contribution >= 4 is 5.97 Å². The molecular weight excluding hydrogens is 475 g/mol. The number of carbonyl (C=O) groups is 1. The largest absolute Gasteiger partial charge is 0.490 e. The molecule has 7 nitrogen and oxygen atoms in total. The Morgan fingerprint density at radius 2 is 1.72 bits per heavy atom. The molecule has 36 heavy (non-hydrogen) atoms. The number of nitrogens with zero attached hydrogens (tertiary/aromatic N) is 2. The van der Waals surface area contributed by atoms with Crippen molar-refractivity contribution in [2.24, 2.45) is 5.73 Å². The first kappa shape index (κ1) is 25.4. The second kappa shape index (κ2) is 10.9. The van der Waals surface area contributed by atoms with Crippen molar-refractivity contribution in [2.45, 2.75) is 56.5 Å². The van der Waals surface area contributed by atoms with E-state index >= 15 is 0 Å². The molecule has 1 saturated carbocycles. The van der Waals surface area contributed by atoms with E-state index in [0.717, 1.165) is 32.0 Å². The molecule has 1 aromatic heterocycles. The van der Waals surface area contributed by atoms with Crippen LogP contribution in [0.3, 0.4) is 0 Å². The van der Waals surface area contributed by atoms with Crippen molar-refractivity contribution < 1.29 is 32.5 Å². The highest BCUT2D eigenvalue weighted by atomic mass is 19.4. The van der Waals surface area contributed by atoms with Gasteiger partial charge in [-0.3, -0.25) is 4.79 Å². The van der Waals surface area contributed by atoms with Crippen LogP contribution in [0.5, 0.6) is 11.6 Å². The molecule has 2 aromatic carbocycles. The smallest absolute Gasteiger partial charge is 0.429 e. The van der Waals surface area contributed by atoms with Gasteiger partial charge in [-0.25, -0.2) is 9.97 Å². The van der Waals surface area contributed by atoms with Crippen LogP contribution in [0.4, 0.5) is 13.2 Å². The Bertz CT molecular complexity index is 1160. The topological polar surface area (TPSA) is 108 Å². The minimum Gasteiger partial charge on any atom is -0.490 e. The van der Waals surface area contributed by atoms with Crippen LogP contribution in [-0.2, 0) is 11.2 Å². The number of benzene rings is 2. The Kier molecular flexibility index (Phi) is 7.73. The molecule has 190 valence electrons. The van der Waals surface area contributed by atoms with Crippen LogP contribution < -0.4 is 15.2 Å². The van der Waals surface area contributed by atoms with E-state index in [4.69, 9.17) is 20.3 Å². The molecule has 3 aromatic rings. The van der Waals surface area contributed by atoms with Gasteiger partial charge in [0.2, 0.25) is 12.0 Å². The predicted octanol–water partition coefficient (Wildman–Crippen LogP) is 5.10. The minimum atomic E-state index is -4.68. The first-order chi connectivity index (χ1) is 17.2. The first-order valence-corrected chi connectivity index (χ1v) is 11.6. The monoisotopic (exact) mass is 501 g/mol. The highest BCUT2D eigenvalue weighted by molar-refractivity contribution is 5.73. The van der Waals surface area contributed by atoms with Gasteiger partial charge in [0.15, 0.2) is 0 Å². The van der Waals surface area contributed by atoms with Crippen LogP contribution in [0.15, 0.2) is 60.9 Å². The van der Waals surface area contributed by atoms with Crippen LogP contribution >= 0.6 is 0 Å². The standard InChI is InChI=1S/C26H26F3N3O4/c27-26(28,29)24(18-9-11-20(12-10-18)35-19-3-1-2-4-19)36-23-14-22(31-15-32-23)17-7-5-16(6-8-17)13-21(30)25(33)34/h5-12,14-15,19,21,24H,1-4,13,30H2,(H,33,34). The van der Waals surface area contributed by atoms with Gasteiger partial charge in [-0.05, 0) is 49.8 Å². The number of carboxylic acids is 1. The van der Waals surface area contributed by atoms with Gasteiger partial charge < -0.3 is 20.3 Å². The summed E-state index contributed by atoms with van der Waals surface area (Å²) in [6.07, 6.45) is -1.43. The molecule has 1 fully saturated rings. The van der Waals surface area contributed by atoms with Crippen LogP contribution in [-0.4, -0.2) is 39.4 Å². The molecular formula is C26H26F3N3O4. The van der Waals surface area contributed by atoms with Crippen molar-refractivity contribution in [1.29, 1.82) is 0 Å². The third kappa shape index (κ3) is 6.51. The summed E-state index contributed by atoms with van der Waals surface area (Å²) in [5.41, 5.74) is 7.15. The quantitative estimate of drug-likeness (QED) is 0.420.